The molecule has 4 aromatic rings. The van der Waals surface area contributed by atoms with Crippen LogP contribution in [0.1, 0.15) is 48.9 Å². The molecular formula is C56H67N3O16. The number of aliphatic hydroxyl groups excluding tert-OH is 3. The lowest BCUT2D eigenvalue weighted by Gasteiger charge is -2.46. The minimum absolute atomic E-state index is 0.000144. The van der Waals surface area contributed by atoms with Gasteiger partial charge in [0.05, 0.1) is 38.1 Å². The third-order valence-electron chi connectivity index (χ3n) is 13.2. The maximum absolute atomic E-state index is 13.4. The Morgan fingerprint density at radius 3 is 1.47 bits per heavy atom. The maximum Gasteiger partial charge on any atom is 0.408 e. The van der Waals surface area contributed by atoms with Crippen molar-refractivity contribution in [1.29, 1.82) is 0 Å². The highest BCUT2D eigenvalue weighted by molar-refractivity contribution is 5.69. The number of carbonyl (C=O) groups excluding carboxylic acids is 3. The first-order valence-electron chi connectivity index (χ1n) is 25.3. The van der Waals surface area contributed by atoms with Gasteiger partial charge in [0.2, 0.25) is 0 Å². The van der Waals surface area contributed by atoms with Crippen LogP contribution in [0.5, 0.6) is 0 Å². The van der Waals surface area contributed by atoms with Crippen LogP contribution in [-0.2, 0) is 73.8 Å². The normalized spacial score (nSPS) is 30.2. The summed E-state index contributed by atoms with van der Waals surface area (Å²) in [5.74, 6) is -0.521. The van der Waals surface area contributed by atoms with Crippen LogP contribution in [0.2, 0.25) is 0 Å². The van der Waals surface area contributed by atoms with E-state index in [0.29, 0.717) is 13.0 Å². The molecule has 19 heteroatoms. The fourth-order valence-corrected chi connectivity index (χ4v) is 9.18. The van der Waals surface area contributed by atoms with Gasteiger partial charge in [-0.15, -0.1) is 0 Å². The van der Waals surface area contributed by atoms with Gasteiger partial charge in [-0.05, 0) is 41.0 Å². The second kappa shape index (κ2) is 27.5. The van der Waals surface area contributed by atoms with Crippen molar-refractivity contribution >= 4 is 18.3 Å². The molecule has 1 saturated carbocycles. The lowest BCUT2D eigenvalue weighted by Crippen LogP contribution is -2.63. The Bertz CT molecular complexity index is 2440. The predicted octanol–water partition coefficient (Wildman–Crippen LogP) is 5.69. The number of hydrogen-bond acceptors (Lipinski definition) is 16. The summed E-state index contributed by atoms with van der Waals surface area (Å²) in [6.45, 7) is 3.52. The van der Waals surface area contributed by atoms with E-state index in [2.05, 4.69) is 16.0 Å². The third-order valence-corrected chi connectivity index (χ3v) is 13.2. The molecule has 15 unspecified atom stereocenters. The average molecular weight is 1040 g/mol. The molecule has 75 heavy (non-hydrogen) atoms. The largest absolute Gasteiger partial charge is 0.445 e. The molecule has 3 amide bonds. The van der Waals surface area contributed by atoms with Gasteiger partial charge in [0.1, 0.15) is 68.5 Å². The van der Waals surface area contributed by atoms with E-state index in [1.807, 2.05) is 135 Å². The Balaban J connectivity index is 1.00. The monoisotopic (exact) mass is 1040 g/mol. The second-order valence-electron chi connectivity index (χ2n) is 18.8. The summed E-state index contributed by atoms with van der Waals surface area (Å²) >= 11 is 0. The fourth-order valence-electron chi connectivity index (χ4n) is 9.18. The van der Waals surface area contributed by atoms with Gasteiger partial charge in [0.15, 0.2) is 18.9 Å². The van der Waals surface area contributed by atoms with E-state index in [9.17, 15) is 29.7 Å². The van der Waals surface area contributed by atoms with Crippen LogP contribution in [0.25, 0.3) is 0 Å². The number of hydrogen-bond donors (Lipinski definition) is 6. The standard InChI is InChI=1S/C56H67N3O16/c1-3-40-24-26-42(57-54(63)67-31-37-18-10-5-11-19-37)51(70-40)74-49-45(29-60)72-53(47(49)62)75-50-46(61)44(59-56(65)69-33-39-22-14-7-15-23-39)28-35(2)48(50)73-52-43(58-55(64)68-32-38-20-12-6-13-21-38)27-25-41(71-52)34-66-30-36-16-8-4-9-17-36/h4-27,35,40-53,60-62H,3,28-34H2,1-2H3,(H,57,63)(H,58,64)(H,59,65). The molecule has 402 valence electrons. The van der Waals surface area contributed by atoms with E-state index < -0.39 is 117 Å². The van der Waals surface area contributed by atoms with Crippen LogP contribution in [0.3, 0.4) is 0 Å². The van der Waals surface area contributed by atoms with Crippen molar-refractivity contribution < 1.29 is 77.1 Å². The Morgan fingerprint density at radius 2 is 0.973 bits per heavy atom. The van der Waals surface area contributed by atoms with Crippen molar-refractivity contribution in [3.63, 3.8) is 0 Å². The molecule has 3 heterocycles. The number of ether oxygens (including phenoxy) is 10. The third kappa shape index (κ3) is 15.7. The Kier molecular flexibility index (Phi) is 20.2. The van der Waals surface area contributed by atoms with E-state index >= 15 is 0 Å². The van der Waals surface area contributed by atoms with Crippen LogP contribution in [0.4, 0.5) is 14.4 Å². The number of nitrogens with one attached hydrogen (secondary N) is 3. The molecule has 15 atom stereocenters. The Hall–Kier alpha value is -6.23. The van der Waals surface area contributed by atoms with Crippen molar-refractivity contribution in [1.82, 2.24) is 16.0 Å². The van der Waals surface area contributed by atoms with Gasteiger partial charge in [-0.3, -0.25) is 0 Å². The quantitative estimate of drug-likeness (QED) is 0.0434. The van der Waals surface area contributed by atoms with Crippen LogP contribution >= 0.6 is 0 Å². The van der Waals surface area contributed by atoms with Crippen molar-refractivity contribution in [2.75, 3.05) is 13.2 Å². The molecule has 4 aliphatic rings. The number of benzene rings is 4. The summed E-state index contributed by atoms with van der Waals surface area (Å²) < 4.78 is 61.2. The van der Waals surface area contributed by atoms with Gasteiger partial charge in [0, 0.05) is 0 Å². The van der Waals surface area contributed by atoms with Gasteiger partial charge in [-0.2, -0.15) is 0 Å². The van der Waals surface area contributed by atoms with Gasteiger partial charge < -0.3 is 78.6 Å². The number of amides is 3. The van der Waals surface area contributed by atoms with Gasteiger partial charge >= 0.3 is 18.3 Å². The highest BCUT2D eigenvalue weighted by Crippen LogP contribution is 2.37. The van der Waals surface area contributed by atoms with Crippen LogP contribution in [0.15, 0.2) is 146 Å². The Labute approximate surface area is 436 Å². The molecule has 0 aromatic heterocycles. The summed E-state index contributed by atoms with van der Waals surface area (Å²) in [5.41, 5.74) is 3.27. The molecule has 1 saturated heterocycles. The smallest absolute Gasteiger partial charge is 0.408 e. The first-order chi connectivity index (χ1) is 36.5. The highest BCUT2D eigenvalue weighted by atomic mass is 16.8. The SMILES string of the molecule is CCC1C=CC(NC(=O)OCc2ccccc2)C(OC2C(CO)OC(OC3C(O)C(NC(=O)OCc4ccccc4)CC(C)C3OC3OC(COCc4ccccc4)C=CC3NC(=O)OCc3ccccc3)C2O)O1. The maximum atomic E-state index is 13.4. The molecule has 0 bridgehead atoms. The molecule has 3 aliphatic heterocycles. The van der Waals surface area contributed by atoms with E-state index in [-0.39, 0.29) is 32.8 Å². The van der Waals surface area contributed by atoms with E-state index in [1.165, 1.54) is 0 Å². The molecule has 0 radical (unpaired) electrons. The summed E-state index contributed by atoms with van der Waals surface area (Å²) in [4.78, 5) is 39.7. The average Bonchev–Trinajstić information content (AvgIpc) is 3.73. The van der Waals surface area contributed by atoms with Crippen molar-refractivity contribution in [2.45, 2.75) is 139 Å². The van der Waals surface area contributed by atoms with Crippen molar-refractivity contribution in [3.05, 3.63) is 168 Å². The Morgan fingerprint density at radius 1 is 0.533 bits per heavy atom. The molecule has 4 aromatic carbocycles. The molecule has 2 fully saturated rings. The molecule has 19 nitrogen and oxygen atoms in total. The van der Waals surface area contributed by atoms with Crippen LogP contribution < -0.4 is 16.0 Å². The molecule has 6 N–H and O–H groups in total. The summed E-state index contributed by atoms with van der Waals surface area (Å²) in [6, 6.07) is 34.3. The van der Waals surface area contributed by atoms with E-state index in [1.54, 1.807) is 24.3 Å². The molecule has 0 spiro atoms. The van der Waals surface area contributed by atoms with Gasteiger partial charge in [-0.25, -0.2) is 14.4 Å². The summed E-state index contributed by atoms with van der Waals surface area (Å²) in [7, 11) is 0. The molecule has 8 rings (SSSR count). The minimum Gasteiger partial charge on any atom is -0.445 e. The molecule has 1 aliphatic carbocycles. The molecular weight excluding hydrogens is 971 g/mol. The van der Waals surface area contributed by atoms with E-state index in [4.69, 9.17) is 47.4 Å². The topological polar surface area (TPSA) is 240 Å². The fraction of sp³-hybridized carbons (Fsp3) is 0.446. The zero-order chi connectivity index (χ0) is 52.5. The summed E-state index contributed by atoms with van der Waals surface area (Å²) in [5, 5.41) is 43.4. The van der Waals surface area contributed by atoms with Gasteiger partial charge in [0.25, 0.3) is 0 Å². The van der Waals surface area contributed by atoms with Crippen LogP contribution in [-0.4, -0.2) is 133 Å². The lowest BCUT2D eigenvalue weighted by molar-refractivity contribution is -0.288. The van der Waals surface area contributed by atoms with Crippen molar-refractivity contribution in [2.24, 2.45) is 5.92 Å². The van der Waals surface area contributed by atoms with Gasteiger partial charge in [-0.1, -0.05) is 159 Å². The van der Waals surface area contributed by atoms with Crippen molar-refractivity contribution in [3.8, 4) is 0 Å². The number of rotatable bonds is 21. The number of carbonyl (C=O) groups is 3. The van der Waals surface area contributed by atoms with Crippen LogP contribution in [0, 0.1) is 5.92 Å². The highest BCUT2D eigenvalue weighted by Gasteiger charge is 2.53. The minimum atomic E-state index is -1.62. The number of alkyl carbamates (subject to hydrolysis) is 3. The van der Waals surface area contributed by atoms with E-state index in [0.717, 1.165) is 22.3 Å². The zero-order valence-electron chi connectivity index (χ0n) is 41.8. The number of aliphatic hydroxyl groups is 3. The summed E-state index contributed by atoms with van der Waals surface area (Å²) in [6.07, 6.45) is -7.73. The first-order valence-corrected chi connectivity index (χ1v) is 25.3. The predicted molar refractivity (Wildman–Crippen MR) is 269 cm³/mol. The zero-order valence-corrected chi connectivity index (χ0v) is 41.8. The lowest BCUT2D eigenvalue weighted by atomic mass is 9.80. The first kappa shape index (κ1) is 55.0. The second-order valence-corrected chi connectivity index (χ2v) is 18.8.